The van der Waals surface area contributed by atoms with Gasteiger partial charge in [0, 0.05) is 12.8 Å². The van der Waals surface area contributed by atoms with Crippen molar-refractivity contribution in [2.45, 2.75) is 161 Å². The second-order valence-electron chi connectivity index (χ2n) is 10.0. The van der Waals surface area contributed by atoms with Crippen LogP contribution in [0, 0.1) is 0 Å². The first-order valence-electron chi connectivity index (χ1n) is 14.7. The lowest BCUT2D eigenvalue weighted by Crippen LogP contribution is -2.28. The van der Waals surface area contributed by atoms with Crippen molar-refractivity contribution in [3.63, 3.8) is 0 Å². The van der Waals surface area contributed by atoms with E-state index in [4.69, 9.17) is 9.84 Å². The summed E-state index contributed by atoms with van der Waals surface area (Å²) in [6.45, 7) is 4.15. The molecule has 0 aliphatic rings. The van der Waals surface area contributed by atoms with E-state index >= 15 is 0 Å². The van der Waals surface area contributed by atoms with E-state index in [2.05, 4.69) is 19.2 Å². The summed E-state index contributed by atoms with van der Waals surface area (Å²) in [5.41, 5.74) is 0. The van der Waals surface area contributed by atoms with Crippen LogP contribution in [0.5, 0.6) is 0 Å². The Morgan fingerprint density at radius 2 is 1.06 bits per heavy atom. The maximum absolute atomic E-state index is 12.4. The second kappa shape index (κ2) is 25.5. The normalized spacial score (nSPS) is 11.8. The van der Waals surface area contributed by atoms with Crippen LogP contribution in [0.15, 0.2) is 0 Å². The van der Waals surface area contributed by atoms with Gasteiger partial charge in [0.2, 0.25) is 5.91 Å². The summed E-state index contributed by atoms with van der Waals surface area (Å²) in [7, 11) is 0. The number of hydrogen-bond acceptors (Lipinski definition) is 4. The fourth-order valence-electron chi connectivity index (χ4n) is 4.34. The van der Waals surface area contributed by atoms with Gasteiger partial charge in [-0.3, -0.25) is 14.4 Å². The number of unbranched alkanes of at least 4 members (excludes halogenated alkanes) is 15. The molecule has 0 aromatic rings. The van der Waals surface area contributed by atoms with Gasteiger partial charge in [-0.2, -0.15) is 0 Å². The minimum atomic E-state index is -1.02. The number of hydrogen-bond donors (Lipinski definition) is 2. The van der Waals surface area contributed by atoms with E-state index in [-0.39, 0.29) is 24.5 Å². The number of carboxylic acids is 1. The summed E-state index contributed by atoms with van der Waals surface area (Å²) in [6.07, 6.45) is 23.7. The van der Waals surface area contributed by atoms with Crippen LogP contribution in [0.3, 0.4) is 0 Å². The van der Waals surface area contributed by atoms with Crippen LogP contribution in [0.4, 0.5) is 0 Å². The highest BCUT2D eigenvalue weighted by atomic mass is 16.5. The van der Waals surface area contributed by atoms with Crippen molar-refractivity contribution in [2.75, 3.05) is 6.54 Å². The summed E-state index contributed by atoms with van der Waals surface area (Å²) in [5, 5.41) is 11.0. The van der Waals surface area contributed by atoms with Crippen molar-refractivity contribution in [1.82, 2.24) is 5.32 Å². The van der Waals surface area contributed by atoms with E-state index in [0.717, 1.165) is 64.2 Å². The van der Waals surface area contributed by atoms with Gasteiger partial charge in [-0.1, -0.05) is 104 Å². The monoisotopic (exact) mass is 497 g/mol. The van der Waals surface area contributed by atoms with E-state index in [1.807, 2.05) is 0 Å². The van der Waals surface area contributed by atoms with Crippen LogP contribution in [-0.4, -0.2) is 35.6 Å². The maximum atomic E-state index is 12.4. The Morgan fingerprint density at radius 1 is 0.629 bits per heavy atom. The van der Waals surface area contributed by atoms with Crippen molar-refractivity contribution < 1.29 is 24.2 Å². The molecule has 6 nitrogen and oxygen atoms in total. The Kier molecular flexibility index (Phi) is 24.3. The van der Waals surface area contributed by atoms with E-state index < -0.39 is 5.97 Å². The van der Waals surface area contributed by atoms with Gasteiger partial charge < -0.3 is 15.2 Å². The summed E-state index contributed by atoms with van der Waals surface area (Å²) < 4.78 is 5.89. The molecule has 2 N–H and O–H groups in total. The first kappa shape index (κ1) is 33.4. The highest BCUT2D eigenvalue weighted by Crippen LogP contribution is 2.18. The molecule has 0 fully saturated rings. The zero-order chi connectivity index (χ0) is 26.0. The lowest BCUT2D eigenvalue weighted by atomic mass is 10.0. The largest absolute Gasteiger partial charge is 0.480 e. The Hall–Kier alpha value is -1.59. The van der Waals surface area contributed by atoms with Gasteiger partial charge in [0.1, 0.15) is 12.6 Å². The Bertz CT molecular complexity index is 523. The van der Waals surface area contributed by atoms with Crippen molar-refractivity contribution in [3.8, 4) is 0 Å². The molecule has 6 heteroatoms. The molecule has 0 heterocycles. The van der Waals surface area contributed by atoms with Gasteiger partial charge in [-0.15, -0.1) is 0 Å². The number of esters is 1. The topological polar surface area (TPSA) is 92.7 Å². The number of rotatable bonds is 26. The highest BCUT2D eigenvalue weighted by molar-refractivity contribution is 5.80. The zero-order valence-electron chi connectivity index (χ0n) is 22.9. The van der Waals surface area contributed by atoms with Crippen LogP contribution in [0.2, 0.25) is 0 Å². The van der Waals surface area contributed by atoms with E-state index in [1.165, 1.54) is 64.2 Å². The number of carbonyl (C=O) groups excluding carboxylic acids is 2. The summed E-state index contributed by atoms with van der Waals surface area (Å²) in [5.74, 6) is -1.24. The number of carboxylic acid groups (broad SMARTS) is 1. The lowest BCUT2D eigenvalue weighted by molar-refractivity contribution is -0.150. The molecule has 0 saturated heterocycles. The van der Waals surface area contributed by atoms with E-state index in [1.54, 1.807) is 0 Å². The number of ether oxygens (including phenoxy) is 1. The van der Waals surface area contributed by atoms with Gasteiger partial charge in [0.05, 0.1) is 0 Å². The van der Waals surface area contributed by atoms with E-state index in [0.29, 0.717) is 12.8 Å². The van der Waals surface area contributed by atoms with Crippen molar-refractivity contribution in [2.24, 2.45) is 0 Å². The number of amides is 1. The van der Waals surface area contributed by atoms with Crippen LogP contribution in [0.1, 0.15) is 155 Å². The Labute approximate surface area is 215 Å². The van der Waals surface area contributed by atoms with Gasteiger partial charge >= 0.3 is 11.9 Å². The maximum Gasteiger partial charge on any atom is 0.322 e. The molecule has 0 aliphatic carbocycles. The van der Waals surface area contributed by atoms with Crippen molar-refractivity contribution in [3.05, 3.63) is 0 Å². The molecular formula is C29H55NO5. The third kappa shape index (κ3) is 25.3. The van der Waals surface area contributed by atoms with Gasteiger partial charge in [-0.25, -0.2) is 0 Å². The standard InChI is InChI=1S/C29H55NO5/c1-3-5-7-9-11-16-20-24-29(34)35-26(21-17-13-10-8-6-4-2)22-18-14-12-15-19-23-27(31)30-25-28(32)33/h26H,3-25H2,1-2H3,(H,30,31)(H,32,33). The molecule has 0 aromatic heterocycles. The smallest absolute Gasteiger partial charge is 0.322 e. The van der Waals surface area contributed by atoms with Crippen LogP contribution in [0.25, 0.3) is 0 Å². The van der Waals surface area contributed by atoms with Gasteiger partial charge in [0.25, 0.3) is 0 Å². The van der Waals surface area contributed by atoms with Crippen molar-refractivity contribution in [1.29, 1.82) is 0 Å². The predicted molar refractivity (Wildman–Crippen MR) is 143 cm³/mol. The molecular weight excluding hydrogens is 442 g/mol. The third-order valence-corrected chi connectivity index (χ3v) is 6.53. The number of carbonyl (C=O) groups is 3. The second-order valence-corrected chi connectivity index (χ2v) is 10.0. The minimum Gasteiger partial charge on any atom is -0.480 e. The average molecular weight is 498 g/mol. The molecule has 206 valence electrons. The molecule has 0 aliphatic heterocycles. The highest BCUT2D eigenvalue weighted by Gasteiger charge is 2.14. The van der Waals surface area contributed by atoms with E-state index in [9.17, 15) is 14.4 Å². The first-order valence-corrected chi connectivity index (χ1v) is 14.7. The summed E-state index contributed by atoms with van der Waals surface area (Å²) >= 11 is 0. The molecule has 0 rings (SSSR count). The molecule has 0 bridgehead atoms. The van der Waals surface area contributed by atoms with Crippen LogP contribution >= 0.6 is 0 Å². The molecule has 1 amide bonds. The molecule has 35 heavy (non-hydrogen) atoms. The fraction of sp³-hybridized carbons (Fsp3) is 0.897. The molecule has 1 atom stereocenters. The molecule has 1 unspecified atom stereocenters. The number of nitrogens with one attached hydrogen (secondary N) is 1. The Morgan fingerprint density at radius 3 is 1.54 bits per heavy atom. The quantitative estimate of drug-likeness (QED) is 0.0942. The average Bonchev–Trinajstić information content (AvgIpc) is 2.83. The Balaban J connectivity index is 4.08. The zero-order valence-corrected chi connectivity index (χ0v) is 22.9. The fourth-order valence-corrected chi connectivity index (χ4v) is 4.34. The predicted octanol–water partition coefficient (Wildman–Crippen LogP) is 7.72. The third-order valence-electron chi connectivity index (χ3n) is 6.53. The molecule has 0 radical (unpaired) electrons. The van der Waals surface area contributed by atoms with Crippen molar-refractivity contribution >= 4 is 17.8 Å². The van der Waals surface area contributed by atoms with Gasteiger partial charge in [0.15, 0.2) is 0 Å². The van der Waals surface area contributed by atoms with Crippen LogP contribution in [-0.2, 0) is 19.1 Å². The van der Waals surface area contributed by atoms with Gasteiger partial charge in [-0.05, 0) is 38.5 Å². The molecule has 0 spiro atoms. The molecule has 0 aromatic carbocycles. The lowest BCUT2D eigenvalue weighted by Gasteiger charge is -2.18. The number of aliphatic carboxylic acids is 1. The minimum absolute atomic E-state index is 0.0260. The SMILES string of the molecule is CCCCCCCCCC(=O)OC(CCCCCCCC)CCCCCCCC(=O)NCC(=O)O. The van der Waals surface area contributed by atoms with Crippen LogP contribution < -0.4 is 5.32 Å². The summed E-state index contributed by atoms with van der Waals surface area (Å²) in [4.78, 5) is 34.4. The molecule has 0 saturated carbocycles. The first-order chi connectivity index (χ1) is 17.0. The summed E-state index contributed by atoms with van der Waals surface area (Å²) in [6, 6.07) is 0.